The minimum Gasteiger partial charge on any atom is -0.494 e. The fourth-order valence-electron chi connectivity index (χ4n) is 1.56. The highest BCUT2D eigenvalue weighted by Gasteiger charge is 2.27. The predicted octanol–water partition coefficient (Wildman–Crippen LogP) is 3.26. The van der Waals surface area contributed by atoms with E-state index in [0.717, 1.165) is 20.3 Å². The number of ether oxygens (including phenoxy) is 2. The van der Waals surface area contributed by atoms with Gasteiger partial charge in [0.1, 0.15) is 11.3 Å². The molecule has 4 nitrogen and oxygen atoms in total. The van der Waals surface area contributed by atoms with Crippen LogP contribution in [0, 0.1) is 0 Å². The van der Waals surface area contributed by atoms with Crippen molar-refractivity contribution in [2.75, 3.05) is 14.2 Å². The number of hydrogen-bond acceptors (Lipinski definition) is 4. The van der Waals surface area contributed by atoms with Gasteiger partial charge in [-0.2, -0.15) is 0 Å². The van der Waals surface area contributed by atoms with Crippen LogP contribution in [0.15, 0.2) is 21.1 Å². The van der Waals surface area contributed by atoms with Crippen molar-refractivity contribution < 1.29 is 14.3 Å². The molecule has 0 aromatic heterocycles. The third-order valence-electron chi connectivity index (χ3n) is 2.69. The summed E-state index contributed by atoms with van der Waals surface area (Å²) in [4.78, 5) is 11.6. The minimum absolute atomic E-state index is 0.292. The summed E-state index contributed by atoms with van der Waals surface area (Å²) in [5.74, 6) is 0.454. The van der Waals surface area contributed by atoms with Crippen molar-refractivity contribution in [2.45, 2.75) is 25.9 Å². The number of carbonyl (C=O) groups excluding carboxylic acids is 1. The molecule has 0 amide bonds. The lowest BCUT2D eigenvalue weighted by atomic mass is 10.1. The average Bonchev–Trinajstić information content (AvgIpc) is 2.35. The molecule has 0 heterocycles. The molecule has 19 heavy (non-hydrogen) atoms. The van der Waals surface area contributed by atoms with Crippen LogP contribution < -0.4 is 10.1 Å². The highest BCUT2D eigenvalue weighted by Crippen LogP contribution is 2.34. The molecule has 0 spiro atoms. The first-order chi connectivity index (χ1) is 8.81. The Labute approximate surface area is 130 Å². The van der Waals surface area contributed by atoms with E-state index in [-0.39, 0.29) is 5.97 Å². The van der Waals surface area contributed by atoms with Crippen LogP contribution >= 0.6 is 31.9 Å². The van der Waals surface area contributed by atoms with E-state index in [1.54, 1.807) is 21.0 Å². The van der Waals surface area contributed by atoms with E-state index in [1.807, 2.05) is 12.1 Å². The Bertz CT molecular complexity index is 452. The molecular formula is C13H17Br2NO3. The summed E-state index contributed by atoms with van der Waals surface area (Å²) in [5, 5.41) is 3.16. The van der Waals surface area contributed by atoms with Crippen LogP contribution in [0.2, 0.25) is 0 Å². The summed E-state index contributed by atoms with van der Waals surface area (Å²) >= 11 is 6.89. The number of rotatable bonds is 5. The molecule has 0 radical (unpaired) electrons. The van der Waals surface area contributed by atoms with Gasteiger partial charge in [-0.1, -0.05) is 0 Å². The molecular weight excluding hydrogens is 378 g/mol. The SMILES string of the molecule is COC(=O)C(C)(C)NCc1cc(Br)c(OC)c(Br)c1. The third kappa shape index (κ3) is 4.19. The van der Waals surface area contributed by atoms with Crippen molar-refractivity contribution in [2.24, 2.45) is 0 Å². The Morgan fingerprint density at radius 1 is 1.26 bits per heavy atom. The maximum absolute atomic E-state index is 11.6. The lowest BCUT2D eigenvalue weighted by Crippen LogP contribution is -2.46. The van der Waals surface area contributed by atoms with Gasteiger partial charge in [-0.3, -0.25) is 10.1 Å². The molecule has 0 bridgehead atoms. The quantitative estimate of drug-likeness (QED) is 0.778. The third-order valence-corrected chi connectivity index (χ3v) is 3.87. The minimum atomic E-state index is -0.729. The van der Waals surface area contributed by atoms with Crippen molar-refractivity contribution in [1.82, 2.24) is 5.32 Å². The molecule has 0 fully saturated rings. The Morgan fingerprint density at radius 2 is 1.79 bits per heavy atom. The second-order valence-electron chi connectivity index (χ2n) is 4.56. The molecule has 0 atom stereocenters. The maximum atomic E-state index is 11.6. The summed E-state index contributed by atoms with van der Waals surface area (Å²) in [6, 6.07) is 3.90. The first-order valence-electron chi connectivity index (χ1n) is 5.67. The molecule has 0 saturated heterocycles. The highest BCUT2D eigenvalue weighted by molar-refractivity contribution is 9.11. The van der Waals surface area contributed by atoms with E-state index in [4.69, 9.17) is 9.47 Å². The van der Waals surface area contributed by atoms with Crippen molar-refractivity contribution in [3.05, 3.63) is 26.6 Å². The van der Waals surface area contributed by atoms with Gasteiger partial charge in [-0.05, 0) is 63.4 Å². The van der Waals surface area contributed by atoms with Gasteiger partial charge < -0.3 is 9.47 Å². The monoisotopic (exact) mass is 393 g/mol. The summed E-state index contributed by atoms with van der Waals surface area (Å²) in [6.45, 7) is 4.11. The lowest BCUT2D eigenvalue weighted by Gasteiger charge is -2.23. The van der Waals surface area contributed by atoms with Crippen LogP contribution in [0.1, 0.15) is 19.4 Å². The second-order valence-corrected chi connectivity index (χ2v) is 6.27. The van der Waals surface area contributed by atoms with Gasteiger partial charge in [0.05, 0.1) is 23.2 Å². The number of carbonyl (C=O) groups is 1. The van der Waals surface area contributed by atoms with Gasteiger partial charge in [-0.25, -0.2) is 0 Å². The van der Waals surface area contributed by atoms with E-state index >= 15 is 0 Å². The predicted molar refractivity (Wildman–Crippen MR) is 81.3 cm³/mol. The van der Waals surface area contributed by atoms with Crippen LogP contribution in [0.25, 0.3) is 0 Å². The number of hydrogen-bond donors (Lipinski definition) is 1. The molecule has 1 N–H and O–H groups in total. The first-order valence-corrected chi connectivity index (χ1v) is 7.25. The number of benzene rings is 1. The topological polar surface area (TPSA) is 47.6 Å². The zero-order valence-electron chi connectivity index (χ0n) is 11.3. The van der Waals surface area contributed by atoms with Crippen LogP contribution in [-0.2, 0) is 16.1 Å². The van der Waals surface area contributed by atoms with Crippen molar-refractivity contribution >= 4 is 37.8 Å². The standard InChI is InChI=1S/C13H17Br2NO3/c1-13(2,12(17)19-4)16-7-8-5-9(14)11(18-3)10(15)6-8/h5-6,16H,7H2,1-4H3. The van der Waals surface area contributed by atoms with Gasteiger partial charge in [0.2, 0.25) is 0 Å². The molecule has 6 heteroatoms. The van der Waals surface area contributed by atoms with Crippen molar-refractivity contribution in [1.29, 1.82) is 0 Å². The van der Waals surface area contributed by atoms with Crippen LogP contribution in [0.5, 0.6) is 5.75 Å². The van der Waals surface area contributed by atoms with Gasteiger partial charge in [0, 0.05) is 6.54 Å². The first kappa shape index (κ1) is 16.5. The fraction of sp³-hybridized carbons (Fsp3) is 0.462. The smallest absolute Gasteiger partial charge is 0.325 e. The van der Waals surface area contributed by atoms with Crippen LogP contribution in [0.4, 0.5) is 0 Å². The zero-order valence-corrected chi connectivity index (χ0v) is 14.5. The number of esters is 1. The zero-order chi connectivity index (χ0) is 14.6. The number of methoxy groups -OCH3 is 2. The maximum Gasteiger partial charge on any atom is 0.325 e. The molecule has 0 aliphatic carbocycles. The summed E-state index contributed by atoms with van der Waals surface area (Å²) in [7, 11) is 3.00. The number of halogens is 2. The van der Waals surface area contributed by atoms with Crippen LogP contribution in [0.3, 0.4) is 0 Å². The van der Waals surface area contributed by atoms with Crippen molar-refractivity contribution in [3.63, 3.8) is 0 Å². The molecule has 106 valence electrons. The molecule has 1 aromatic rings. The summed E-state index contributed by atoms with van der Waals surface area (Å²) in [5.41, 5.74) is 0.296. The second kappa shape index (κ2) is 6.72. The van der Waals surface area contributed by atoms with Crippen LogP contribution in [-0.4, -0.2) is 25.7 Å². The largest absolute Gasteiger partial charge is 0.494 e. The molecule has 1 rings (SSSR count). The Hall–Kier alpha value is -0.590. The van der Waals surface area contributed by atoms with Gasteiger partial charge >= 0.3 is 5.97 Å². The van der Waals surface area contributed by atoms with Crippen molar-refractivity contribution in [3.8, 4) is 5.75 Å². The Kier molecular flexibility index (Phi) is 5.82. The van der Waals surface area contributed by atoms with E-state index in [1.165, 1.54) is 7.11 Å². The number of nitrogens with one attached hydrogen (secondary N) is 1. The highest BCUT2D eigenvalue weighted by atomic mass is 79.9. The van der Waals surface area contributed by atoms with Gasteiger partial charge in [0.15, 0.2) is 0 Å². The van der Waals surface area contributed by atoms with E-state index in [2.05, 4.69) is 37.2 Å². The average molecular weight is 395 g/mol. The summed E-state index contributed by atoms with van der Waals surface area (Å²) in [6.07, 6.45) is 0. The fourth-order valence-corrected chi connectivity index (χ4v) is 3.16. The molecule has 1 aromatic carbocycles. The molecule has 0 aliphatic rings. The lowest BCUT2D eigenvalue weighted by molar-refractivity contribution is -0.147. The van der Waals surface area contributed by atoms with E-state index in [9.17, 15) is 4.79 Å². The Balaban J connectivity index is 2.82. The van der Waals surface area contributed by atoms with E-state index < -0.39 is 5.54 Å². The molecule has 0 unspecified atom stereocenters. The molecule has 0 saturated carbocycles. The molecule has 0 aliphatic heterocycles. The summed E-state index contributed by atoms with van der Waals surface area (Å²) < 4.78 is 11.7. The van der Waals surface area contributed by atoms with Gasteiger partial charge in [0.25, 0.3) is 0 Å². The van der Waals surface area contributed by atoms with E-state index in [0.29, 0.717) is 6.54 Å². The normalized spacial score (nSPS) is 11.3. The van der Waals surface area contributed by atoms with Gasteiger partial charge in [-0.15, -0.1) is 0 Å². The Morgan fingerprint density at radius 3 is 2.21 bits per heavy atom.